The molecule has 0 aliphatic carbocycles. The Kier molecular flexibility index (Phi) is 4.58. The van der Waals surface area contributed by atoms with Gasteiger partial charge in [-0.3, -0.25) is 0 Å². The molecule has 0 saturated carbocycles. The van der Waals surface area contributed by atoms with E-state index < -0.39 is 0 Å². The number of hydrogen-bond acceptors (Lipinski definition) is 3. The summed E-state index contributed by atoms with van der Waals surface area (Å²) in [5.41, 5.74) is 5.93. The van der Waals surface area contributed by atoms with Gasteiger partial charge in [0.2, 0.25) is 0 Å². The molecule has 4 N–H and O–H groups in total. The summed E-state index contributed by atoms with van der Waals surface area (Å²) in [4.78, 5) is 0. The van der Waals surface area contributed by atoms with E-state index in [1.807, 2.05) is 7.05 Å². The molecule has 3 nitrogen and oxygen atoms in total. The minimum Gasteiger partial charge on any atom is -0.327 e. The highest BCUT2D eigenvalue weighted by atomic mass is 14.9. The first-order valence-electron chi connectivity index (χ1n) is 4.94. The van der Waals surface area contributed by atoms with Crippen molar-refractivity contribution in [1.29, 1.82) is 0 Å². The molecule has 12 heavy (non-hydrogen) atoms. The van der Waals surface area contributed by atoms with E-state index in [9.17, 15) is 0 Å². The van der Waals surface area contributed by atoms with Gasteiger partial charge in [0.15, 0.2) is 0 Å². The normalized spacial score (nSPS) is 22.5. The molecular weight excluding hydrogens is 150 g/mol. The minimum atomic E-state index is 0.345. The monoisotopic (exact) mass is 171 g/mol. The van der Waals surface area contributed by atoms with Gasteiger partial charge in [-0.15, -0.1) is 0 Å². The molecule has 0 bridgehead atoms. The van der Waals surface area contributed by atoms with E-state index in [0.29, 0.717) is 6.04 Å². The number of rotatable bonds is 4. The maximum Gasteiger partial charge on any atom is 0.0167 e. The fourth-order valence-corrected chi connectivity index (χ4v) is 1.89. The summed E-state index contributed by atoms with van der Waals surface area (Å²) in [6, 6.07) is 0.345. The van der Waals surface area contributed by atoms with Crippen molar-refractivity contribution in [2.75, 3.05) is 26.7 Å². The molecule has 1 atom stereocenters. The Hall–Kier alpha value is -0.120. The van der Waals surface area contributed by atoms with Crippen molar-refractivity contribution >= 4 is 0 Å². The van der Waals surface area contributed by atoms with Gasteiger partial charge < -0.3 is 16.4 Å². The summed E-state index contributed by atoms with van der Waals surface area (Å²) >= 11 is 0. The van der Waals surface area contributed by atoms with E-state index in [1.165, 1.54) is 32.4 Å². The van der Waals surface area contributed by atoms with Crippen molar-refractivity contribution in [1.82, 2.24) is 10.6 Å². The lowest BCUT2D eigenvalue weighted by molar-refractivity contribution is 0.328. The smallest absolute Gasteiger partial charge is 0.0167 e. The van der Waals surface area contributed by atoms with E-state index in [-0.39, 0.29) is 0 Å². The summed E-state index contributed by atoms with van der Waals surface area (Å²) in [7, 11) is 1.96. The first kappa shape index (κ1) is 9.96. The third kappa shape index (κ3) is 3.52. The second-order valence-corrected chi connectivity index (χ2v) is 3.75. The molecule has 0 spiro atoms. The average Bonchev–Trinajstić information content (AvgIpc) is 2.06. The number of nitrogens with one attached hydrogen (secondary N) is 2. The second-order valence-electron chi connectivity index (χ2n) is 3.75. The lowest BCUT2D eigenvalue weighted by Crippen LogP contribution is -2.36. The highest BCUT2D eigenvalue weighted by Crippen LogP contribution is 2.16. The molecule has 0 aromatic rings. The Labute approximate surface area is 75.1 Å². The summed E-state index contributed by atoms with van der Waals surface area (Å²) in [6.45, 7) is 3.30. The molecule has 1 aliphatic rings. The second kappa shape index (κ2) is 5.51. The van der Waals surface area contributed by atoms with Crippen molar-refractivity contribution in [2.45, 2.75) is 25.3 Å². The summed E-state index contributed by atoms with van der Waals surface area (Å²) in [5.74, 6) is 0.856. The fraction of sp³-hybridized carbons (Fsp3) is 1.00. The number of likely N-dealkylation sites (N-methyl/N-ethyl adjacent to an activating group) is 1. The number of nitrogens with two attached hydrogens (primary N) is 1. The lowest BCUT2D eigenvalue weighted by Gasteiger charge is -2.25. The molecule has 1 unspecified atom stereocenters. The van der Waals surface area contributed by atoms with Gasteiger partial charge in [0.25, 0.3) is 0 Å². The van der Waals surface area contributed by atoms with Gasteiger partial charge in [-0.1, -0.05) is 0 Å². The summed E-state index contributed by atoms with van der Waals surface area (Å²) in [5, 5.41) is 6.48. The van der Waals surface area contributed by atoms with Crippen LogP contribution in [-0.4, -0.2) is 32.7 Å². The van der Waals surface area contributed by atoms with E-state index in [4.69, 9.17) is 5.73 Å². The Bertz CT molecular complexity index is 110. The highest BCUT2D eigenvalue weighted by Gasteiger charge is 2.15. The van der Waals surface area contributed by atoms with Crippen molar-refractivity contribution in [3.63, 3.8) is 0 Å². The van der Waals surface area contributed by atoms with Crippen molar-refractivity contribution in [3.8, 4) is 0 Å². The first-order valence-corrected chi connectivity index (χ1v) is 4.94. The Morgan fingerprint density at radius 1 is 1.50 bits per heavy atom. The van der Waals surface area contributed by atoms with Gasteiger partial charge in [0, 0.05) is 12.6 Å². The summed E-state index contributed by atoms with van der Waals surface area (Å²) in [6.07, 6.45) is 3.79. The van der Waals surface area contributed by atoms with Crippen LogP contribution in [0.25, 0.3) is 0 Å². The number of piperidine rings is 1. The maximum atomic E-state index is 5.93. The largest absolute Gasteiger partial charge is 0.327 e. The molecule has 0 amide bonds. The zero-order valence-corrected chi connectivity index (χ0v) is 7.97. The lowest BCUT2D eigenvalue weighted by atomic mass is 9.91. The molecule has 1 saturated heterocycles. The molecule has 0 aromatic heterocycles. The SMILES string of the molecule is CNCC(N)CC1CCNCC1. The molecule has 1 aliphatic heterocycles. The van der Waals surface area contributed by atoms with Crippen molar-refractivity contribution in [3.05, 3.63) is 0 Å². The molecule has 72 valence electrons. The standard InChI is InChI=1S/C9H21N3/c1-11-7-9(10)6-8-2-4-12-5-3-8/h8-9,11-12H,2-7,10H2,1H3. The predicted molar refractivity (Wildman–Crippen MR) is 52.1 cm³/mol. The molecular formula is C9H21N3. The van der Waals surface area contributed by atoms with E-state index in [0.717, 1.165) is 12.5 Å². The number of hydrogen-bond donors (Lipinski definition) is 3. The van der Waals surface area contributed by atoms with Crippen LogP contribution in [0.2, 0.25) is 0 Å². The van der Waals surface area contributed by atoms with Crippen LogP contribution in [0.1, 0.15) is 19.3 Å². The third-order valence-electron chi connectivity index (χ3n) is 2.56. The van der Waals surface area contributed by atoms with E-state index >= 15 is 0 Å². The topological polar surface area (TPSA) is 50.1 Å². The molecule has 3 heteroatoms. The van der Waals surface area contributed by atoms with Crippen molar-refractivity contribution < 1.29 is 0 Å². The minimum absolute atomic E-state index is 0.345. The van der Waals surface area contributed by atoms with Crippen LogP contribution in [0.5, 0.6) is 0 Å². The van der Waals surface area contributed by atoms with Crippen LogP contribution < -0.4 is 16.4 Å². The van der Waals surface area contributed by atoms with Crippen LogP contribution in [0.3, 0.4) is 0 Å². The van der Waals surface area contributed by atoms with Gasteiger partial charge >= 0.3 is 0 Å². The van der Waals surface area contributed by atoms with Crippen LogP contribution >= 0.6 is 0 Å². The highest BCUT2D eigenvalue weighted by molar-refractivity contribution is 4.74. The molecule has 1 fully saturated rings. The zero-order valence-electron chi connectivity index (χ0n) is 7.97. The quantitative estimate of drug-likeness (QED) is 0.554. The first-order chi connectivity index (χ1) is 5.83. The van der Waals surface area contributed by atoms with Gasteiger partial charge in [-0.25, -0.2) is 0 Å². The summed E-state index contributed by atoms with van der Waals surface area (Å²) < 4.78 is 0. The van der Waals surface area contributed by atoms with Gasteiger partial charge in [0.1, 0.15) is 0 Å². The van der Waals surface area contributed by atoms with Gasteiger partial charge in [-0.05, 0) is 45.3 Å². The molecule has 0 radical (unpaired) electrons. The van der Waals surface area contributed by atoms with Crippen LogP contribution in [0.15, 0.2) is 0 Å². The van der Waals surface area contributed by atoms with E-state index in [2.05, 4.69) is 10.6 Å². The Morgan fingerprint density at radius 2 is 2.17 bits per heavy atom. The Balaban J connectivity index is 2.11. The zero-order chi connectivity index (χ0) is 8.81. The predicted octanol–water partition coefficient (Wildman–Crippen LogP) is -0.0772. The molecule has 1 heterocycles. The van der Waals surface area contributed by atoms with E-state index in [1.54, 1.807) is 0 Å². The van der Waals surface area contributed by atoms with Crippen LogP contribution in [-0.2, 0) is 0 Å². The fourth-order valence-electron chi connectivity index (χ4n) is 1.89. The maximum absolute atomic E-state index is 5.93. The van der Waals surface area contributed by atoms with Crippen LogP contribution in [0, 0.1) is 5.92 Å². The molecule has 0 aromatic carbocycles. The third-order valence-corrected chi connectivity index (χ3v) is 2.56. The van der Waals surface area contributed by atoms with Crippen LogP contribution in [0.4, 0.5) is 0 Å². The average molecular weight is 171 g/mol. The van der Waals surface area contributed by atoms with Gasteiger partial charge in [0.05, 0.1) is 0 Å². The van der Waals surface area contributed by atoms with Gasteiger partial charge in [-0.2, -0.15) is 0 Å². The Morgan fingerprint density at radius 3 is 2.75 bits per heavy atom. The molecule has 1 rings (SSSR count). The van der Waals surface area contributed by atoms with Crippen molar-refractivity contribution in [2.24, 2.45) is 11.7 Å².